The number of carboxylic acid groups (broad SMARTS) is 1. The number of alkyl halides is 3. The second-order valence-corrected chi connectivity index (χ2v) is 8.10. The Morgan fingerprint density at radius 2 is 2.03 bits per heavy atom. The van der Waals surface area contributed by atoms with Gasteiger partial charge in [-0.2, -0.15) is 13.2 Å². The van der Waals surface area contributed by atoms with Crippen molar-refractivity contribution in [3.8, 4) is 0 Å². The van der Waals surface area contributed by atoms with Crippen LogP contribution in [0.2, 0.25) is 0 Å². The predicted octanol–water partition coefficient (Wildman–Crippen LogP) is 3.90. The van der Waals surface area contributed by atoms with Crippen LogP contribution in [0.3, 0.4) is 0 Å². The van der Waals surface area contributed by atoms with E-state index in [9.17, 15) is 18.0 Å². The summed E-state index contributed by atoms with van der Waals surface area (Å²) in [4.78, 5) is 28.5. The van der Waals surface area contributed by atoms with E-state index in [0.717, 1.165) is 35.9 Å². The number of hydrogen-bond acceptors (Lipinski definition) is 5. The van der Waals surface area contributed by atoms with Crippen LogP contribution in [0.5, 0.6) is 0 Å². The zero-order valence-electron chi connectivity index (χ0n) is 16.0. The Bertz CT molecular complexity index is 883. The molecule has 1 amide bonds. The molecule has 2 aromatic rings. The maximum atomic E-state index is 12.5. The minimum Gasteiger partial charge on any atom is -0.475 e. The molecule has 0 atom stereocenters. The number of carbonyl (C=O) groups is 2. The molecular formula is C20H21F3N2O4S. The maximum absolute atomic E-state index is 12.5. The number of pyridine rings is 1. The van der Waals surface area contributed by atoms with E-state index < -0.39 is 12.1 Å². The molecule has 2 aliphatic rings. The van der Waals surface area contributed by atoms with Crippen LogP contribution in [-0.2, 0) is 29.1 Å². The highest BCUT2D eigenvalue weighted by Gasteiger charge is 2.38. The summed E-state index contributed by atoms with van der Waals surface area (Å²) in [7, 11) is 0. The molecule has 4 rings (SSSR count). The van der Waals surface area contributed by atoms with Crippen LogP contribution in [0.4, 0.5) is 13.2 Å². The molecule has 10 heteroatoms. The molecule has 1 fully saturated rings. The fourth-order valence-electron chi connectivity index (χ4n) is 3.04. The minimum atomic E-state index is -5.08. The van der Waals surface area contributed by atoms with Crippen molar-refractivity contribution in [3.05, 3.63) is 51.5 Å². The third-order valence-electron chi connectivity index (χ3n) is 4.80. The van der Waals surface area contributed by atoms with Crippen LogP contribution in [0.1, 0.15) is 39.2 Å². The van der Waals surface area contributed by atoms with Gasteiger partial charge in [-0.25, -0.2) is 4.79 Å². The van der Waals surface area contributed by atoms with Crippen LogP contribution < -0.4 is 0 Å². The molecule has 0 bridgehead atoms. The molecule has 0 radical (unpaired) electrons. The fourth-order valence-corrected chi connectivity index (χ4v) is 3.73. The number of aromatic nitrogens is 1. The lowest BCUT2D eigenvalue weighted by Gasteiger charge is -2.29. The first-order valence-electron chi connectivity index (χ1n) is 9.41. The topological polar surface area (TPSA) is 79.7 Å². The molecular weight excluding hydrogens is 421 g/mol. The highest BCUT2D eigenvalue weighted by atomic mass is 32.1. The average molecular weight is 442 g/mol. The van der Waals surface area contributed by atoms with Gasteiger partial charge in [-0.1, -0.05) is 6.07 Å². The molecule has 6 nitrogen and oxygen atoms in total. The second-order valence-electron chi connectivity index (χ2n) is 7.15. The lowest BCUT2D eigenvalue weighted by Crippen LogP contribution is -2.36. The Labute approximate surface area is 175 Å². The summed E-state index contributed by atoms with van der Waals surface area (Å²) in [6.45, 7) is 2.93. The number of rotatable bonds is 5. The average Bonchev–Trinajstić information content (AvgIpc) is 3.37. The number of ether oxygens (including phenoxy) is 1. The maximum Gasteiger partial charge on any atom is 0.490 e. The van der Waals surface area contributed by atoms with E-state index in [2.05, 4.69) is 4.98 Å². The summed E-state index contributed by atoms with van der Waals surface area (Å²) in [6.07, 6.45) is 2.24. The van der Waals surface area contributed by atoms with Gasteiger partial charge in [0.05, 0.1) is 11.5 Å². The Balaban J connectivity index is 0.000000318. The number of carbonyl (C=O) groups excluding carboxylic acids is 1. The van der Waals surface area contributed by atoms with Crippen molar-refractivity contribution in [1.82, 2.24) is 9.88 Å². The van der Waals surface area contributed by atoms with E-state index in [4.69, 9.17) is 14.6 Å². The summed E-state index contributed by atoms with van der Waals surface area (Å²) < 4.78 is 37.6. The molecule has 0 unspecified atom stereocenters. The van der Waals surface area contributed by atoms with Crippen molar-refractivity contribution in [2.75, 3.05) is 13.2 Å². The molecule has 1 saturated carbocycles. The van der Waals surface area contributed by atoms with Gasteiger partial charge >= 0.3 is 12.1 Å². The zero-order valence-corrected chi connectivity index (χ0v) is 16.8. The lowest BCUT2D eigenvalue weighted by atomic mass is 9.97. The van der Waals surface area contributed by atoms with E-state index in [1.54, 1.807) is 0 Å². The summed E-state index contributed by atoms with van der Waals surface area (Å²) in [5.74, 6) is -1.85. The highest BCUT2D eigenvalue weighted by molar-refractivity contribution is 7.12. The minimum absolute atomic E-state index is 0.126. The monoisotopic (exact) mass is 442 g/mol. The summed E-state index contributed by atoms with van der Waals surface area (Å²) in [5.41, 5.74) is 3.67. The van der Waals surface area contributed by atoms with E-state index in [0.29, 0.717) is 13.2 Å². The smallest absolute Gasteiger partial charge is 0.475 e. The molecule has 1 aliphatic carbocycles. The van der Waals surface area contributed by atoms with Crippen molar-refractivity contribution in [3.63, 3.8) is 0 Å². The van der Waals surface area contributed by atoms with E-state index in [-0.39, 0.29) is 5.91 Å². The number of thiophene rings is 1. The summed E-state index contributed by atoms with van der Waals surface area (Å²) >= 11 is 1.50. The first kappa shape index (κ1) is 22.2. The summed E-state index contributed by atoms with van der Waals surface area (Å²) in [5, 5.41) is 9.07. The van der Waals surface area contributed by atoms with Crippen molar-refractivity contribution in [1.29, 1.82) is 0 Å². The first-order chi connectivity index (χ1) is 14.3. The van der Waals surface area contributed by atoms with Gasteiger partial charge in [-0.3, -0.25) is 9.78 Å². The first-order valence-corrected chi connectivity index (χ1v) is 10.3. The number of aliphatic carboxylic acids is 1. The van der Waals surface area contributed by atoms with Gasteiger partial charge in [-0.15, -0.1) is 11.3 Å². The molecule has 3 heterocycles. The van der Waals surface area contributed by atoms with Gasteiger partial charge in [0.1, 0.15) is 0 Å². The Kier molecular flexibility index (Phi) is 7.09. The Morgan fingerprint density at radius 1 is 1.30 bits per heavy atom. The third kappa shape index (κ3) is 6.02. The molecule has 2 aromatic heterocycles. The van der Waals surface area contributed by atoms with E-state index >= 15 is 0 Å². The standard InChI is InChI=1S/C18H20N2O2S.C2HF3O2/c21-18(17-2-1-7-23-17)20-6-5-16-14(10-20)8-19-9-15(16)12-22-11-13-3-4-13;3-2(4,5)1(6)7/h1-2,7-9,13H,3-6,10-12H2;(H,6,7). The number of nitrogens with zero attached hydrogens (tertiary/aromatic N) is 2. The third-order valence-corrected chi connectivity index (χ3v) is 5.66. The Hall–Kier alpha value is -2.46. The van der Waals surface area contributed by atoms with E-state index in [1.807, 2.05) is 34.8 Å². The van der Waals surface area contributed by atoms with Gasteiger partial charge in [0.25, 0.3) is 5.91 Å². The fraction of sp³-hybridized carbons (Fsp3) is 0.450. The largest absolute Gasteiger partial charge is 0.490 e. The molecule has 0 saturated heterocycles. The molecule has 30 heavy (non-hydrogen) atoms. The van der Waals surface area contributed by atoms with Crippen molar-refractivity contribution in [2.45, 2.75) is 38.6 Å². The zero-order chi connectivity index (χ0) is 21.7. The van der Waals surface area contributed by atoms with Crippen molar-refractivity contribution in [2.24, 2.45) is 5.92 Å². The van der Waals surface area contributed by atoms with Gasteiger partial charge in [0.15, 0.2) is 0 Å². The van der Waals surface area contributed by atoms with Gasteiger partial charge < -0.3 is 14.7 Å². The molecule has 1 aliphatic heterocycles. The van der Waals surface area contributed by atoms with Gasteiger partial charge in [0, 0.05) is 32.1 Å². The predicted molar refractivity (Wildman–Crippen MR) is 103 cm³/mol. The van der Waals surface area contributed by atoms with Gasteiger partial charge in [0.2, 0.25) is 0 Å². The summed E-state index contributed by atoms with van der Waals surface area (Å²) in [6, 6.07) is 3.82. The quantitative estimate of drug-likeness (QED) is 0.760. The SMILES string of the molecule is O=C(O)C(F)(F)F.O=C(c1cccs1)N1CCc2c(COCC3CC3)cncc2C1. The molecule has 162 valence electrons. The number of hydrogen-bond donors (Lipinski definition) is 1. The van der Waals surface area contributed by atoms with Crippen LogP contribution in [0.15, 0.2) is 29.9 Å². The van der Waals surface area contributed by atoms with Crippen LogP contribution in [0.25, 0.3) is 0 Å². The van der Waals surface area contributed by atoms with Gasteiger partial charge in [-0.05, 0) is 53.3 Å². The molecule has 0 aromatic carbocycles. The number of amides is 1. The number of halogens is 3. The normalized spacial score (nSPS) is 15.8. The molecule has 1 N–H and O–H groups in total. The van der Waals surface area contributed by atoms with Crippen molar-refractivity contribution >= 4 is 23.2 Å². The van der Waals surface area contributed by atoms with Crippen molar-refractivity contribution < 1.29 is 32.6 Å². The second kappa shape index (κ2) is 9.57. The van der Waals surface area contributed by atoms with Crippen LogP contribution in [0, 0.1) is 5.92 Å². The lowest BCUT2D eigenvalue weighted by molar-refractivity contribution is -0.192. The van der Waals surface area contributed by atoms with Crippen LogP contribution >= 0.6 is 11.3 Å². The number of carboxylic acids is 1. The highest BCUT2D eigenvalue weighted by Crippen LogP contribution is 2.30. The molecule has 0 spiro atoms. The van der Waals surface area contributed by atoms with Crippen LogP contribution in [-0.4, -0.2) is 46.2 Å². The number of fused-ring (bicyclic) bond motifs is 1. The van der Waals surface area contributed by atoms with E-state index in [1.165, 1.54) is 35.3 Å². The Morgan fingerprint density at radius 3 is 2.63 bits per heavy atom.